The van der Waals surface area contributed by atoms with Crippen LogP contribution in [-0.4, -0.2) is 19.0 Å². The number of rotatable bonds is 6. The molecule has 0 heterocycles. The lowest BCUT2D eigenvalue weighted by atomic mass is 10.1. The van der Waals surface area contributed by atoms with E-state index in [9.17, 15) is 4.79 Å². The van der Waals surface area contributed by atoms with E-state index in [2.05, 4.69) is 65.3 Å². The first kappa shape index (κ1) is 16.8. The zero-order valence-corrected chi connectivity index (χ0v) is 15.1. The first-order chi connectivity index (χ1) is 10.6. The van der Waals surface area contributed by atoms with Crippen molar-refractivity contribution in [2.45, 2.75) is 20.3 Å². The van der Waals surface area contributed by atoms with Crippen molar-refractivity contribution in [1.29, 1.82) is 0 Å². The average molecular weight is 408 g/mol. The highest BCUT2D eigenvalue weighted by molar-refractivity contribution is 14.1. The summed E-state index contributed by atoms with van der Waals surface area (Å²) in [6.07, 6.45) is 0.891. The summed E-state index contributed by atoms with van der Waals surface area (Å²) >= 11 is 2.19. The molecule has 4 heteroatoms. The molecule has 116 valence electrons. The molecule has 2 aromatic carbocycles. The standard InChI is InChI=1S/C18H21IN2O/c1-13-7-5-10-17(14(13)2)20-11-6-12-21-18(22)15-8-3-4-9-16(15)19/h3-5,7-10,20H,6,11-12H2,1-2H3,(H,21,22). The van der Waals surface area contributed by atoms with Gasteiger partial charge in [-0.2, -0.15) is 0 Å². The lowest BCUT2D eigenvalue weighted by Crippen LogP contribution is -2.26. The zero-order chi connectivity index (χ0) is 15.9. The number of carbonyl (C=O) groups is 1. The summed E-state index contributed by atoms with van der Waals surface area (Å²) in [4.78, 5) is 12.1. The monoisotopic (exact) mass is 408 g/mol. The van der Waals surface area contributed by atoms with Gasteiger partial charge in [-0.3, -0.25) is 4.79 Å². The third-order valence-electron chi connectivity index (χ3n) is 3.68. The van der Waals surface area contributed by atoms with Crippen molar-refractivity contribution in [3.63, 3.8) is 0 Å². The van der Waals surface area contributed by atoms with Crippen LogP contribution in [-0.2, 0) is 0 Å². The molecule has 0 saturated carbocycles. The normalized spacial score (nSPS) is 10.3. The van der Waals surface area contributed by atoms with E-state index in [-0.39, 0.29) is 5.91 Å². The van der Waals surface area contributed by atoms with Gasteiger partial charge in [-0.05, 0) is 72.2 Å². The molecular weight excluding hydrogens is 387 g/mol. The first-order valence-corrected chi connectivity index (χ1v) is 8.50. The molecule has 0 radical (unpaired) electrons. The minimum absolute atomic E-state index is 0.00302. The summed E-state index contributed by atoms with van der Waals surface area (Å²) in [5, 5.41) is 6.39. The summed E-state index contributed by atoms with van der Waals surface area (Å²) < 4.78 is 0.978. The van der Waals surface area contributed by atoms with Gasteiger partial charge in [0.05, 0.1) is 5.56 Å². The molecule has 2 aromatic rings. The van der Waals surface area contributed by atoms with Gasteiger partial charge in [-0.15, -0.1) is 0 Å². The van der Waals surface area contributed by atoms with Crippen LogP contribution in [0.3, 0.4) is 0 Å². The summed E-state index contributed by atoms with van der Waals surface area (Å²) in [6.45, 7) is 5.75. The first-order valence-electron chi connectivity index (χ1n) is 7.42. The lowest BCUT2D eigenvalue weighted by molar-refractivity contribution is 0.0952. The van der Waals surface area contributed by atoms with Crippen molar-refractivity contribution in [2.75, 3.05) is 18.4 Å². The minimum atomic E-state index is -0.00302. The summed E-state index contributed by atoms with van der Waals surface area (Å²) in [6, 6.07) is 13.9. The topological polar surface area (TPSA) is 41.1 Å². The van der Waals surface area contributed by atoms with Gasteiger partial charge >= 0.3 is 0 Å². The van der Waals surface area contributed by atoms with E-state index in [1.807, 2.05) is 24.3 Å². The van der Waals surface area contributed by atoms with Gasteiger partial charge in [0.25, 0.3) is 5.91 Å². The zero-order valence-electron chi connectivity index (χ0n) is 12.9. The number of hydrogen-bond donors (Lipinski definition) is 2. The van der Waals surface area contributed by atoms with Crippen molar-refractivity contribution < 1.29 is 4.79 Å². The Hall–Kier alpha value is -1.56. The molecule has 0 spiro atoms. The Morgan fingerprint density at radius 2 is 1.82 bits per heavy atom. The fourth-order valence-electron chi connectivity index (χ4n) is 2.20. The Bertz CT molecular complexity index is 655. The number of anilines is 1. The average Bonchev–Trinajstić information content (AvgIpc) is 2.51. The van der Waals surface area contributed by atoms with Crippen LogP contribution < -0.4 is 10.6 Å². The maximum absolute atomic E-state index is 12.1. The molecule has 0 aliphatic heterocycles. The predicted octanol–water partition coefficient (Wildman–Crippen LogP) is 4.14. The van der Waals surface area contributed by atoms with Crippen LogP contribution in [0.5, 0.6) is 0 Å². The highest BCUT2D eigenvalue weighted by atomic mass is 127. The molecular formula is C18H21IN2O. The molecule has 0 fully saturated rings. The van der Waals surface area contributed by atoms with Crippen LogP contribution in [0, 0.1) is 17.4 Å². The van der Waals surface area contributed by atoms with Gasteiger partial charge in [0.2, 0.25) is 0 Å². The van der Waals surface area contributed by atoms with Crippen LogP contribution in [0.1, 0.15) is 27.9 Å². The Morgan fingerprint density at radius 3 is 2.59 bits per heavy atom. The SMILES string of the molecule is Cc1cccc(NCCCNC(=O)c2ccccc2I)c1C. The quantitative estimate of drug-likeness (QED) is 0.557. The van der Waals surface area contributed by atoms with Gasteiger partial charge in [-0.1, -0.05) is 24.3 Å². The second-order valence-corrected chi connectivity index (χ2v) is 6.43. The highest BCUT2D eigenvalue weighted by Gasteiger charge is 2.07. The maximum atomic E-state index is 12.1. The third-order valence-corrected chi connectivity index (χ3v) is 4.62. The molecule has 22 heavy (non-hydrogen) atoms. The van der Waals surface area contributed by atoms with Crippen molar-refractivity contribution in [3.8, 4) is 0 Å². The predicted molar refractivity (Wildman–Crippen MR) is 101 cm³/mol. The third kappa shape index (κ3) is 4.47. The minimum Gasteiger partial charge on any atom is -0.385 e. The van der Waals surface area contributed by atoms with Crippen LogP contribution in [0.2, 0.25) is 0 Å². The number of hydrogen-bond acceptors (Lipinski definition) is 2. The van der Waals surface area contributed by atoms with E-state index in [0.717, 1.165) is 22.1 Å². The highest BCUT2D eigenvalue weighted by Crippen LogP contribution is 2.17. The van der Waals surface area contributed by atoms with E-state index in [4.69, 9.17) is 0 Å². The second kappa shape index (κ2) is 8.17. The number of aryl methyl sites for hydroxylation is 1. The van der Waals surface area contributed by atoms with E-state index in [0.29, 0.717) is 6.54 Å². The van der Waals surface area contributed by atoms with Crippen molar-refractivity contribution >= 4 is 34.2 Å². The van der Waals surface area contributed by atoms with Crippen LogP contribution in [0.25, 0.3) is 0 Å². The summed E-state index contributed by atoms with van der Waals surface area (Å²) in [7, 11) is 0. The molecule has 0 aliphatic carbocycles. The second-order valence-electron chi connectivity index (χ2n) is 5.26. The Kier molecular flexibility index (Phi) is 6.24. The largest absolute Gasteiger partial charge is 0.385 e. The van der Waals surface area contributed by atoms with Crippen molar-refractivity contribution in [3.05, 3.63) is 62.7 Å². The maximum Gasteiger partial charge on any atom is 0.252 e. The number of carbonyl (C=O) groups excluding carboxylic acids is 1. The molecule has 0 unspecified atom stereocenters. The molecule has 0 aliphatic rings. The van der Waals surface area contributed by atoms with E-state index < -0.39 is 0 Å². The number of amides is 1. The molecule has 1 amide bonds. The van der Waals surface area contributed by atoms with E-state index in [1.165, 1.54) is 16.8 Å². The van der Waals surface area contributed by atoms with Gasteiger partial charge < -0.3 is 10.6 Å². The number of benzene rings is 2. The summed E-state index contributed by atoms with van der Waals surface area (Å²) in [5.74, 6) is -0.00302. The van der Waals surface area contributed by atoms with Gasteiger partial charge in [0.15, 0.2) is 0 Å². The Labute approximate surface area is 145 Å². The Morgan fingerprint density at radius 1 is 1.05 bits per heavy atom. The molecule has 2 N–H and O–H groups in total. The van der Waals surface area contributed by atoms with Crippen molar-refractivity contribution in [1.82, 2.24) is 5.32 Å². The number of halogens is 1. The molecule has 3 nitrogen and oxygen atoms in total. The van der Waals surface area contributed by atoms with Crippen LogP contribution in [0.4, 0.5) is 5.69 Å². The van der Waals surface area contributed by atoms with Crippen molar-refractivity contribution in [2.24, 2.45) is 0 Å². The lowest BCUT2D eigenvalue weighted by Gasteiger charge is -2.12. The molecule has 0 bridgehead atoms. The molecule has 0 aromatic heterocycles. The van der Waals surface area contributed by atoms with E-state index >= 15 is 0 Å². The molecule has 0 atom stereocenters. The fraction of sp³-hybridized carbons (Fsp3) is 0.278. The molecule has 2 rings (SSSR count). The summed E-state index contributed by atoms with van der Waals surface area (Å²) in [5.41, 5.74) is 4.48. The van der Waals surface area contributed by atoms with Gasteiger partial charge in [-0.25, -0.2) is 0 Å². The van der Waals surface area contributed by atoms with Gasteiger partial charge in [0.1, 0.15) is 0 Å². The van der Waals surface area contributed by atoms with Crippen LogP contribution in [0.15, 0.2) is 42.5 Å². The number of nitrogens with one attached hydrogen (secondary N) is 2. The van der Waals surface area contributed by atoms with E-state index in [1.54, 1.807) is 0 Å². The van der Waals surface area contributed by atoms with Gasteiger partial charge in [0, 0.05) is 22.3 Å². The fourth-order valence-corrected chi connectivity index (χ4v) is 2.83. The molecule has 0 saturated heterocycles. The van der Waals surface area contributed by atoms with Crippen LogP contribution >= 0.6 is 22.6 Å². The smallest absolute Gasteiger partial charge is 0.252 e. The Balaban J connectivity index is 1.75.